The molecule has 1 aromatic rings. The molecule has 0 saturated carbocycles. The van der Waals surface area contributed by atoms with E-state index in [-0.39, 0.29) is 5.75 Å². The van der Waals surface area contributed by atoms with Crippen LogP contribution in [-0.4, -0.2) is 49.1 Å². The number of hydrogen-bond acceptors (Lipinski definition) is 5. The molecule has 0 amide bonds. The molecular formula is C10H18N4O2S. The van der Waals surface area contributed by atoms with Gasteiger partial charge in [-0.25, -0.2) is 22.7 Å². The van der Waals surface area contributed by atoms with Crippen LogP contribution in [0, 0.1) is 0 Å². The Kier molecular flexibility index (Phi) is 4.83. The van der Waals surface area contributed by atoms with Gasteiger partial charge in [0.25, 0.3) is 0 Å². The average Bonchev–Trinajstić information content (AvgIpc) is 2.29. The molecule has 96 valence electrons. The van der Waals surface area contributed by atoms with Crippen LogP contribution in [0.2, 0.25) is 0 Å². The molecule has 0 aliphatic rings. The van der Waals surface area contributed by atoms with E-state index in [0.29, 0.717) is 12.4 Å². The Morgan fingerprint density at radius 1 is 1.35 bits per heavy atom. The van der Waals surface area contributed by atoms with E-state index in [0.717, 1.165) is 12.1 Å². The summed E-state index contributed by atoms with van der Waals surface area (Å²) in [4.78, 5) is 8.09. The highest BCUT2D eigenvalue weighted by molar-refractivity contribution is 7.89. The molecule has 0 atom stereocenters. The lowest BCUT2D eigenvalue weighted by molar-refractivity contribution is 0.521. The van der Waals surface area contributed by atoms with Gasteiger partial charge < -0.3 is 5.32 Å². The molecule has 0 saturated heterocycles. The lowest BCUT2D eigenvalue weighted by atomic mass is 10.3. The van der Waals surface area contributed by atoms with Gasteiger partial charge in [-0.05, 0) is 6.42 Å². The number of sulfonamides is 1. The molecule has 7 heteroatoms. The first-order valence-electron chi connectivity index (χ1n) is 5.40. The maximum atomic E-state index is 11.5. The number of nitrogens with one attached hydrogen (secondary N) is 1. The van der Waals surface area contributed by atoms with Gasteiger partial charge in [0.15, 0.2) is 0 Å². The van der Waals surface area contributed by atoms with Crippen LogP contribution < -0.4 is 5.32 Å². The summed E-state index contributed by atoms with van der Waals surface area (Å²) in [5.41, 5.74) is 0.929. The second-order valence-corrected chi connectivity index (χ2v) is 6.08. The fourth-order valence-electron chi connectivity index (χ4n) is 1.18. The van der Waals surface area contributed by atoms with Crippen molar-refractivity contribution in [3.8, 4) is 0 Å². The minimum Gasteiger partial charge on any atom is -0.369 e. The number of hydrogen-bond donors (Lipinski definition) is 1. The van der Waals surface area contributed by atoms with E-state index in [1.165, 1.54) is 24.7 Å². The van der Waals surface area contributed by atoms with E-state index in [1.807, 2.05) is 13.0 Å². The summed E-state index contributed by atoms with van der Waals surface area (Å²) >= 11 is 0. The second-order valence-electron chi connectivity index (χ2n) is 3.77. The monoisotopic (exact) mass is 258 g/mol. The predicted octanol–water partition coefficient (Wildman–Crippen LogP) is 0.342. The maximum absolute atomic E-state index is 11.5. The number of aryl methyl sites for hydroxylation is 1. The molecule has 1 N–H and O–H groups in total. The third-order valence-electron chi connectivity index (χ3n) is 2.31. The Hall–Kier alpha value is -1.21. The van der Waals surface area contributed by atoms with Crippen molar-refractivity contribution in [3.63, 3.8) is 0 Å². The highest BCUT2D eigenvalue weighted by Gasteiger charge is 2.12. The predicted molar refractivity (Wildman–Crippen MR) is 67.4 cm³/mol. The number of nitrogens with zero attached hydrogens (tertiary/aromatic N) is 3. The van der Waals surface area contributed by atoms with Gasteiger partial charge in [-0.1, -0.05) is 6.92 Å². The zero-order chi connectivity index (χ0) is 12.9. The largest absolute Gasteiger partial charge is 0.369 e. The van der Waals surface area contributed by atoms with E-state index >= 15 is 0 Å². The highest BCUT2D eigenvalue weighted by atomic mass is 32.2. The molecule has 17 heavy (non-hydrogen) atoms. The first kappa shape index (κ1) is 13.9. The third-order valence-corrected chi connectivity index (χ3v) is 4.14. The van der Waals surface area contributed by atoms with Crippen molar-refractivity contribution >= 4 is 15.8 Å². The molecule has 0 radical (unpaired) electrons. The summed E-state index contributed by atoms with van der Waals surface area (Å²) in [5.74, 6) is 0.705. The molecule has 0 aromatic carbocycles. The van der Waals surface area contributed by atoms with Crippen LogP contribution in [0.4, 0.5) is 5.82 Å². The van der Waals surface area contributed by atoms with Crippen molar-refractivity contribution in [2.75, 3.05) is 31.7 Å². The third kappa shape index (κ3) is 4.27. The van der Waals surface area contributed by atoms with E-state index in [2.05, 4.69) is 15.3 Å². The van der Waals surface area contributed by atoms with Gasteiger partial charge in [-0.15, -0.1) is 0 Å². The quantitative estimate of drug-likeness (QED) is 0.796. The number of anilines is 1. The summed E-state index contributed by atoms with van der Waals surface area (Å²) in [6.45, 7) is 2.34. The van der Waals surface area contributed by atoms with Gasteiger partial charge in [-0.2, -0.15) is 0 Å². The van der Waals surface area contributed by atoms with E-state index < -0.39 is 10.0 Å². The SMILES string of the molecule is CCc1cc(NCCS(=O)(=O)N(C)C)ncn1. The topological polar surface area (TPSA) is 75.2 Å². The number of rotatable bonds is 6. The minimum atomic E-state index is -3.16. The van der Waals surface area contributed by atoms with Gasteiger partial charge in [0.1, 0.15) is 12.1 Å². The molecule has 0 bridgehead atoms. The normalized spacial score (nSPS) is 11.8. The van der Waals surface area contributed by atoms with E-state index in [4.69, 9.17) is 0 Å². The Morgan fingerprint density at radius 2 is 2.06 bits per heavy atom. The van der Waals surface area contributed by atoms with Crippen molar-refractivity contribution in [2.24, 2.45) is 0 Å². The van der Waals surface area contributed by atoms with Crippen LogP contribution in [0.1, 0.15) is 12.6 Å². The van der Waals surface area contributed by atoms with Gasteiger partial charge >= 0.3 is 0 Å². The number of aromatic nitrogens is 2. The van der Waals surface area contributed by atoms with Crippen LogP contribution >= 0.6 is 0 Å². The van der Waals surface area contributed by atoms with Gasteiger partial charge in [0, 0.05) is 32.4 Å². The van der Waals surface area contributed by atoms with Crippen LogP contribution in [0.25, 0.3) is 0 Å². The molecule has 1 rings (SSSR count). The molecule has 0 spiro atoms. The molecular weight excluding hydrogens is 240 g/mol. The summed E-state index contributed by atoms with van der Waals surface area (Å²) in [6, 6.07) is 1.82. The van der Waals surface area contributed by atoms with Gasteiger partial charge in [0.05, 0.1) is 5.75 Å². The van der Waals surface area contributed by atoms with Gasteiger partial charge in [-0.3, -0.25) is 0 Å². The Bertz CT molecular complexity index is 459. The Balaban J connectivity index is 2.51. The van der Waals surface area contributed by atoms with Crippen LogP contribution in [-0.2, 0) is 16.4 Å². The summed E-state index contributed by atoms with van der Waals surface area (Å²) in [5, 5.41) is 2.97. The lowest BCUT2D eigenvalue weighted by Crippen LogP contribution is -2.28. The van der Waals surface area contributed by atoms with Crippen LogP contribution in [0.3, 0.4) is 0 Å². The molecule has 6 nitrogen and oxygen atoms in total. The van der Waals surface area contributed by atoms with Crippen molar-refractivity contribution in [1.29, 1.82) is 0 Å². The molecule has 0 aliphatic carbocycles. The van der Waals surface area contributed by atoms with Crippen molar-refractivity contribution < 1.29 is 8.42 Å². The zero-order valence-electron chi connectivity index (χ0n) is 10.3. The summed E-state index contributed by atoms with van der Waals surface area (Å²) in [6.07, 6.45) is 2.30. The van der Waals surface area contributed by atoms with E-state index in [1.54, 1.807) is 0 Å². The highest BCUT2D eigenvalue weighted by Crippen LogP contribution is 2.04. The summed E-state index contributed by atoms with van der Waals surface area (Å²) in [7, 11) is -0.111. The lowest BCUT2D eigenvalue weighted by Gasteiger charge is -2.11. The fraction of sp³-hybridized carbons (Fsp3) is 0.600. The summed E-state index contributed by atoms with van der Waals surface area (Å²) < 4.78 is 24.2. The maximum Gasteiger partial charge on any atom is 0.215 e. The zero-order valence-corrected chi connectivity index (χ0v) is 11.2. The van der Waals surface area contributed by atoms with Crippen molar-refractivity contribution in [3.05, 3.63) is 18.1 Å². The van der Waals surface area contributed by atoms with Gasteiger partial charge in [0.2, 0.25) is 10.0 Å². The van der Waals surface area contributed by atoms with E-state index in [9.17, 15) is 8.42 Å². The second kappa shape index (κ2) is 5.92. The molecule has 0 fully saturated rings. The van der Waals surface area contributed by atoms with Crippen molar-refractivity contribution in [1.82, 2.24) is 14.3 Å². The fourth-order valence-corrected chi connectivity index (χ4v) is 1.90. The first-order chi connectivity index (χ1) is 7.95. The molecule has 1 aromatic heterocycles. The van der Waals surface area contributed by atoms with Crippen LogP contribution in [0.5, 0.6) is 0 Å². The molecule has 0 unspecified atom stereocenters. The standard InChI is InChI=1S/C10H18N4O2S/c1-4-9-7-10(13-8-12-9)11-5-6-17(15,16)14(2)3/h7-8H,4-6H2,1-3H3,(H,11,12,13). The van der Waals surface area contributed by atoms with Crippen molar-refractivity contribution in [2.45, 2.75) is 13.3 Å². The Labute approximate surface area is 102 Å². The smallest absolute Gasteiger partial charge is 0.215 e. The molecule has 0 aliphatic heterocycles. The average molecular weight is 258 g/mol. The first-order valence-corrected chi connectivity index (χ1v) is 7.01. The Morgan fingerprint density at radius 3 is 2.65 bits per heavy atom. The van der Waals surface area contributed by atoms with Crippen LogP contribution in [0.15, 0.2) is 12.4 Å². The minimum absolute atomic E-state index is 0.0471. The molecule has 1 heterocycles.